The van der Waals surface area contributed by atoms with E-state index < -0.39 is 17.1 Å². The zero-order chi connectivity index (χ0) is 19.6. The summed E-state index contributed by atoms with van der Waals surface area (Å²) in [6.07, 6.45) is 2.23. The van der Waals surface area contributed by atoms with Crippen LogP contribution in [0.3, 0.4) is 0 Å². The predicted octanol–water partition coefficient (Wildman–Crippen LogP) is 1.63. The molecule has 2 aliphatic rings. The second kappa shape index (κ2) is 7.58. The fraction of sp³-hybridized carbons (Fsp3) is 0.550. The maximum atomic E-state index is 13.3. The van der Waals surface area contributed by atoms with Crippen molar-refractivity contribution in [1.82, 2.24) is 9.80 Å². The molecule has 7 nitrogen and oxygen atoms in total. The van der Waals surface area contributed by atoms with E-state index in [0.717, 1.165) is 18.4 Å². The number of nitrogens with zero attached hydrogens (tertiary/aromatic N) is 2. The number of likely N-dealkylation sites (tertiary alicyclic amines) is 2. The Morgan fingerprint density at radius 3 is 2.59 bits per heavy atom. The van der Waals surface area contributed by atoms with Crippen LogP contribution >= 0.6 is 0 Å². The van der Waals surface area contributed by atoms with Gasteiger partial charge in [-0.2, -0.15) is 0 Å². The van der Waals surface area contributed by atoms with Crippen LogP contribution in [-0.2, 0) is 20.9 Å². The van der Waals surface area contributed by atoms with Crippen molar-refractivity contribution >= 4 is 17.6 Å². The molecule has 27 heavy (non-hydrogen) atoms. The van der Waals surface area contributed by atoms with Crippen molar-refractivity contribution in [2.75, 3.05) is 33.9 Å². The molecule has 1 unspecified atom stereocenters. The SMILES string of the molecule is COc1cccc(CN2CCCC3(CCN(C(=O)C(C)=O)C3)C2=O)c1OC. The molecular weight excluding hydrogens is 348 g/mol. The molecule has 2 aliphatic heterocycles. The molecule has 146 valence electrons. The third-order valence-corrected chi connectivity index (χ3v) is 5.61. The molecule has 0 aliphatic carbocycles. The van der Waals surface area contributed by atoms with Gasteiger partial charge in [0.2, 0.25) is 11.7 Å². The topological polar surface area (TPSA) is 76.2 Å². The zero-order valence-electron chi connectivity index (χ0n) is 16.1. The lowest BCUT2D eigenvalue weighted by Gasteiger charge is -2.39. The Hall–Kier alpha value is -2.57. The fourth-order valence-corrected chi connectivity index (χ4v) is 4.23. The highest BCUT2D eigenvalue weighted by Gasteiger charge is 2.49. The highest BCUT2D eigenvalue weighted by atomic mass is 16.5. The fourth-order valence-electron chi connectivity index (χ4n) is 4.23. The van der Waals surface area contributed by atoms with E-state index in [2.05, 4.69) is 0 Å². The average Bonchev–Trinajstić information content (AvgIpc) is 3.09. The second-order valence-electron chi connectivity index (χ2n) is 7.30. The van der Waals surface area contributed by atoms with E-state index in [1.54, 1.807) is 14.2 Å². The molecular formula is C20H26N2O5. The van der Waals surface area contributed by atoms with Crippen LogP contribution in [0.1, 0.15) is 31.7 Å². The van der Waals surface area contributed by atoms with Crippen molar-refractivity contribution in [2.45, 2.75) is 32.7 Å². The molecule has 0 radical (unpaired) electrons. The van der Waals surface area contributed by atoms with Crippen LogP contribution in [0.5, 0.6) is 11.5 Å². The van der Waals surface area contributed by atoms with E-state index in [0.29, 0.717) is 44.1 Å². The number of para-hydroxylation sites is 1. The quantitative estimate of drug-likeness (QED) is 0.733. The first kappa shape index (κ1) is 19.2. The van der Waals surface area contributed by atoms with Gasteiger partial charge in [0.25, 0.3) is 5.91 Å². The summed E-state index contributed by atoms with van der Waals surface area (Å²) in [5.41, 5.74) is 0.312. The Morgan fingerprint density at radius 1 is 1.15 bits per heavy atom. The van der Waals surface area contributed by atoms with Gasteiger partial charge in [-0.25, -0.2) is 0 Å². The minimum Gasteiger partial charge on any atom is -0.493 e. The number of amides is 2. The molecule has 2 amide bonds. The van der Waals surface area contributed by atoms with E-state index in [4.69, 9.17) is 9.47 Å². The summed E-state index contributed by atoms with van der Waals surface area (Å²) in [5, 5.41) is 0. The van der Waals surface area contributed by atoms with E-state index >= 15 is 0 Å². The molecule has 0 N–H and O–H groups in total. The standard InChI is InChI=1S/C20H26N2O5/c1-14(23)18(24)22-11-9-20(13-22)8-5-10-21(19(20)25)12-15-6-4-7-16(26-2)17(15)27-3/h4,6-7H,5,8-13H2,1-3H3. The molecule has 7 heteroatoms. The van der Waals surface area contributed by atoms with Crippen LogP contribution in [0.15, 0.2) is 18.2 Å². The van der Waals surface area contributed by atoms with Gasteiger partial charge in [0.1, 0.15) is 0 Å². The Balaban J connectivity index is 1.79. The van der Waals surface area contributed by atoms with Gasteiger partial charge in [0.05, 0.1) is 19.6 Å². The molecule has 1 atom stereocenters. The highest BCUT2D eigenvalue weighted by Crippen LogP contribution is 2.41. The molecule has 1 spiro atoms. The van der Waals surface area contributed by atoms with Gasteiger partial charge < -0.3 is 19.3 Å². The summed E-state index contributed by atoms with van der Waals surface area (Å²) < 4.78 is 10.8. The maximum absolute atomic E-state index is 13.3. The summed E-state index contributed by atoms with van der Waals surface area (Å²) in [6.45, 7) is 3.16. The Bertz CT molecular complexity index is 763. The van der Waals surface area contributed by atoms with Crippen molar-refractivity contribution in [1.29, 1.82) is 0 Å². The number of methoxy groups -OCH3 is 2. The molecule has 0 bridgehead atoms. The number of hydrogen-bond acceptors (Lipinski definition) is 5. The lowest BCUT2D eigenvalue weighted by Crippen LogP contribution is -2.50. The largest absolute Gasteiger partial charge is 0.493 e. The van der Waals surface area contributed by atoms with Gasteiger partial charge in [0, 0.05) is 38.7 Å². The number of carbonyl (C=O) groups excluding carboxylic acids is 3. The first-order valence-electron chi connectivity index (χ1n) is 9.21. The summed E-state index contributed by atoms with van der Waals surface area (Å²) in [6, 6.07) is 5.63. The number of Topliss-reactive ketones (excluding diaryl/α,β-unsaturated/α-hetero) is 1. The van der Waals surface area contributed by atoms with E-state index in [-0.39, 0.29) is 5.91 Å². The average molecular weight is 374 g/mol. The third kappa shape index (κ3) is 3.50. The van der Waals surface area contributed by atoms with Crippen LogP contribution < -0.4 is 9.47 Å². The van der Waals surface area contributed by atoms with Gasteiger partial charge in [-0.1, -0.05) is 12.1 Å². The highest BCUT2D eigenvalue weighted by molar-refractivity contribution is 6.35. The van der Waals surface area contributed by atoms with Gasteiger partial charge in [-0.3, -0.25) is 14.4 Å². The monoisotopic (exact) mass is 374 g/mol. The van der Waals surface area contributed by atoms with Crippen LogP contribution in [0.4, 0.5) is 0 Å². The number of carbonyl (C=O) groups is 3. The van der Waals surface area contributed by atoms with E-state index in [9.17, 15) is 14.4 Å². The number of ether oxygens (including phenoxy) is 2. The molecule has 3 rings (SSSR count). The Labute approximate surface area is 159 Å². The molecule has 2 fully saturated rings. The van der Waals surface area contributed by atoms with Crippen LogP contribution in [0.25, 0.3) is 0 Å². The maximum Gasteiger partial charge on any atom is 0.289 e. The summed E-state index contributed by atoms with van der Waals surface area (Å²) in [4.78, 5) is 40.1. The van der Waals surface area contributed by atoms with E-state index in [1.807, 2.05) is 23.1 Å². The lowest BCUT2D eigenvalue weighted by molar-refractivity contribution is -0.148. The minimum atomic E-state index is -0.574. The first-order valence-corrected chi connectivity index (χ1v) is 9.21. The van der Waals surface area contributed by atoms with Gasteiger partial charge in [-0.05, 0) is 25.3 Å². The first-order chi connectivity index (χ1) is 12.9. The molecule has 1 aromatic carbocycles. The van der Waals surface area contributed by atoms with Crippen LogP contribution in [0, 0.1) is 5.41 Å². The predicted molar refractivity (Wildman–Crippen MR) is 98.5 cm³/mol. The zero-order valence-corrected chi connectivity index (χ0v) is 16.1. The van der Waals surface area contributed by atoms with Crippen molar-refractivity contribution in [3.05, 3.63) is 23.8 Å². The molecule has 2 saturated heterocycles. The summed E-state index contributed by atoms with van der Waals surface area (Å²) in [7, 11) is 3.17. The van der Waals surface area contributed by atoms with Crippen molar-refractivity contribution in [3.63, 3.8) is 0 Å². The van der Waals surface area contributed by atoms with Crippen LogP contribution in [0.2, 0.25) is 0 Å². The number of hydrogen-bond donors (Lipinski definition) is 0. The van der Waals surface area contributed by atoms with Gasteiger partial charge >= 0.3 is 0 Å². The Morgan fingerprint density at radius 2 is 1.93 bits per heavy atom. The number of benzene rings is 1. The van der Waals surface area contributed by atoms with Crippen molar-refractivity contribution < 1.29 is 23.9 Å². The minimum absolute atomic E-state index is 0.0532. The summed E-state index contributed by atoms with van der Waals surface area (Å²) >= 11 is 0. The molecule has 0 saturated carbocycles. The molecule has 2 heterocycles. The van der Waals surface area contributed by atoms with E-state index in [1.165, 1.54) is 11.8 Å². The normalized spacial score (nSPS) is 22.3. The third-order valence-electron chi connectivity index (χ3n) is 5.61. The van der Waals surface area contributed by atoms with Crippen molar-refractivity contribution in [2.24, 2.45) is 5.41 Å². The number of piperidine rings is 1. The van der Waals surface area contributed by atoms with Crippen molar-refractivity contribution in [3.8, 4) is 11.5 Å². The van der Waals surface area contributed by atoms with Gasteiger partial charge in [0.15, 0.2) is 11.5 Å². The Kier molecular flexibility index (Phi) is 5.39. The lowest BCUT2D eigenvalue weighted by atomic mass is 9.78. The molecule has 0 aromatic heterocycles. The smallest absolute Gasteiger partial charge is 0.289 e. The van der Waals surface area contributed by atoms with Crippen LogP contribution in [-0.4, -0.2) is 61.3 Å². The summed E-state index contributed by atoms with van der Waals surface area (Å²) in [5.74, 6) is 0.345. The number of ketones is 1. The van der Waals surface area contributed by atoms with Gasteiger partial charge in [-0.15, -0.1) is 0 Å². The molecule has 1 aromatic rings. The second-order valence-corrected chi connectivity index (χ2v) is 7.30. The number of rotatable bonds is 5.